The summed E-state index contributed by atoms with van der Waals surface area (Å²) >= 11 is 0. The van der Waals surface area contributed by atoms with Gasteiger partial charge in [0.15, 0.2) is 6.10 Å². The molecule has 1 atom stereocenters. The van der Waals surface area contributed by atoms with Crippen LogP contribution in [-0.4, -0.2) is 5.97 Å². The average Bonchev–Trinajstić information content (AvgIpc) is 3.19. The lowest BCUT2D eigenvalue weighted by Crippen LogP contribution is -2.00. The molecule has 0 spiro atoms. The first-order valence-electron chi connectivity index (χ1n) is 10.8. The van der Waals surface area contributed by atoms with Crippen molar-refractivity contribution in [3.05, 3.63) is 132 Å². The van der Waals surface area contributed by atoms with E-state index in [1.165, 1.54) is 0 Å². The van der Waals surface area contributed by atoms with Crippen LogP contribution in [0.5, 0.6) is 0 Å². The van der Waals surface area contributed by atoms with Gasteiger partial charge in [0.05, 0.1) is 5.56 Å². The summed E-state index contributed by atoms with van der Waals surface area (Å²) in [5, 5.41) is 2.18. The Morgan fingerprint density at radius 3 is 1.59 bits per heavy atom. The van der Waals surface area contributed by atoms with E-state index in [-0.39, 0.29) is 12.1 Å². The second kappa shape index (κ2) is 7.51. The lowest BCUT2D eigenvalue weighted by atomic mass is 9.88. The molecule has 1 aliphatic rings. The first-order chi connectivity index (χ1) is 15.8. The molecule has 2 nitrogen and oxygen atoms in total. The maximum Gasteiger partial charge on any atom is 0.339 e. The van der Waals surface area contributed by atoms with E-state index >= 15 is 0 Å². The van der Waals surface area contributed by atoms with Crippen molar-refractivity contribution in [3.8, 4) is 22.3 Å². The molecule has 5 aromatic carbocycles. The van der Waals surface area contributed by atoms with Crippen molar-refractivity contribution in [3.63, 3.8) is 0 Å². The Bertz CT molecular complexity index is 1440. The van der Waals surface area contributed by atoms with Gasteiger partial charge in [0.25, 0.3) is 0 Å². The number of carbonyl (C=O) groups excluding carboxylic acids is 1. The number of benzene rings is 5. The van der Waals surface area contributed by atoms with E-state index < -0.39 is 0 Å². The molecular weight excluding hydrogens is 392 g/mol. The summed E-state index contributed by atoms with van der Waals surface area (Å²) in [5.41, 5.74) is 7.10. The predicted molar refractivity (Wildman–Crippen MR) is 129 cm³/mol. The molecule has 5 aromatic rings. The molecule has 0 fully saturated rings. The Labute approximate surface area is 186 Å². The lowest BCUT2D eigenvalue weighted by Gasteiger charge is -2.15. The van der Waals surface area contributed by atoms with Gasteiger partial charge in [0.2, 0.25) is 0 Å². The largest absolute Gasteiger partial charge is 0.449 e. The van der Waals surface area contributed by atoms with Gasteiger partial charge in [-0.1, -0.05) is 103 Å². The van der Waals surface area contributed by atoms with Crippen LogP contribution in [0.15, 0.2) is 115 Å². The van der Waals surface area contributed by atoms with Crippen molar-refractivity contribution >= 4 is 16.7 Å². The van der Waals surface area contributed by atoms with Crippen LogP contribution in [0.1, 0.15) is 27.6 Å². The third kappa shape index (κ3) is 3.00. The predicted octanol–water partition coefficient (Wildman–Crippen LogP) is 7.43. The molecule has 1 unspecified atom stereocenters. The minimum atomic E-state index is -0.382. The highest BCUT2D eigenvalue weighted by atomic mass is 16.5. The first-order valence-corrected chi connectivity index (χ1v) is 10.8. The Kier molecular flexibility index (Phi) is 4.36. The fourth-order valence-electron chi connectivity index (χ4n) is 4.65. The monoisotopic (exact) mass is 412 g/mol. The number of fused-ring (bicyclic) bond motifs is 2. The zero-order valence-electron chi connectivity index (χ0n) is 17.4. The number of hydrogen-bond acceptors (Lipinski definition) is 2. The zero-order chi connectivity index (χ0) is 21.5. The molecule has 0 aliphatic carbocycles. The van der Waals surface area contributed by atoms with E-state index in [1.807, 2.05) is 60.7 Å². The van der Waals surface area contributed by atoms with Gasteiger partial charge in [-0.2, -0.15) is 0 Å². The quantitative estimate of drug-likeness (QED) is 0.288. The Morgan fingerprint density at radius 1 is 0.531 bits per heavy atom. The molecule has 0 bridgehead atoms. The molecule has 0 saturated heterocycles. The minimum Gasteiger partial charge on any atom is -0.449 e. The third-order valence-electron chi connectivity index (χ3n) is 6.19. The first kappa shape index (κ1) is 18.6. The SMILES string of the molecule is O=C1OC(c2ccccc2)c2cc3c(-c4ccccc4)ccc(-c4ccccc4)c3cc21. The van der Waals surface area contributed by atoms with Crippen LogP contribution < -0.4 is 0 Å². The summed E-state index contributed by atoms with van der Waals surface area (Å²) in [6.07, 6.45) is -0.382. The maximum absolute atomic E-state index is 12.9. The Morgan fingerprint density at radius 2 is 1.03 bits per heavy atom. The van der Waals surface area contributed by atoms with Gasteiger partial charge >= 0.3 is 5.97 Å². The van der Waals surface area contributed by atoms with Crippen LogP contribution in [0.3, 0.4) is 0 Å². The number of esters is 1. The zero-order valence-corrected chi connectivity index (χ0v) is 17.4. The summed E-state index contributed by atoms with van der Waals surface area (Å²) in [7, 11) is 0. The van der Waals surface area contributed by atoms with Gasteiger partial charge < -0.3 is 4.74 Å². The molecule has 0 amide bonds. The molecule has 2 heteroatoms. The molecule has 0 N–H and O–H groups in total. The summed E-state index contributed by atoms with van der Waals surface area (Å²) in [4.78, 5) is 12.9. The number of cyclic esters (lactones) is 1. The summed E-state index contributed by atoms with van der Waals surface area (Å²) < 4.78 is 5.84. The standard InChI is InChI=1S/C30H20O2/c31-30-28-19-26-24(21-12-6-2-7-13-21)17-16-23(20-10-4-1-5-11-20)25(26)18-27(28)29(32-30)22-14-8-3-9-15-22/h1-19,29H. The smallest absolute Gasteiger partial charge is 0.339 e. The summed E-state index contributed by atoms with van der Waals surface area (Å²) in [6, 6.07) is 39.2. The maximum atomic E-state index is 12.9. The van der Waals surface area contributed by atoms with Crippen LogP contribution in [0, 0.1) is 0 Å². The highest BCUT2D eigenvalue weighted by Crippen LogP contribution is 2.43. The van der Waals surface area contributed by atoms with Crippen LogP contribution >= 0.6 is 0 Å². The lowest BCUT2D eigenvalue weighted by molar-refractivity contribution is 0.0456. The molecule has 0 aromatic heterocycles. The van der Waals surface area contributed by atoms with E-state index in [0.717, 1.165) is 44.2 Å². The average molecular weight is 412 g/mol. The minimum absolute atomic E-state index is 0.264. The number of carbonyl (C=O) groups is 1. The number of hydrogen-bond donors (Lipinski definition) is 0. The third-order valence-corrected chi connectivity index (χ3v) is 6.19. The Hall–Kier alpha value is -4.17. The van der Waals surface area contributed by atoms with Crippen molar-refractivity contribution < 1.29 is 9.53 Å². The van der Waals surface area contributed by atoms with Crippen molar-refractivity contribution in [2.24, 2.45) is 0 Å². The van der Waals surface area contributed by atoms with Crippen LogP contribution in [0.25, 0.3) is 33.0 Å². The van der Waals surface area contributed by atoms with Gasteiger partial charge in [-0.25, -0.2) is 4.79 Å². The van der Waals surface area contributed by atoms with Crippen LogP contribution in [0.4, 0.5) is 0 Å². The highest BCUT2D eigenvalue weighted by Gasteiger charge is 2.33. The Balaban J connectivity index is 1.65. The van der Waals surface area contributed by atoms with Gasteiger partial charge in [-0.3, -0.25) is 0 Å². The van der Waals surface area contributed by atoms with Crippen molar-refractivity contribution in [1.29, 1.82) is 0 Å². The van der Waals surface area contributed by atoms with Gasteiger partial charge in [0, 0.05) is 5.56 Å². The van der Waals surface area contributed by atoms with Crippen LogP contribution in [0.2, 0.25) is 0 Å². The highest BCUT2D eigenvalue weighted by molar-refractivity contribution is 6.09. The summed E-state index contributed by atoms with van der Waals surface area (Å²) in [5.74, 6) is -0.264. The number of ether oxygens (including phenoxy) is 1. The molecule has 152 valence electrons. The fourth-order valence-corrected chi connectivity index (χ4v) is 4.65. The molecule has 0 saturated carbocycles. The van der Waals surface area contributed by atoms with Crippen LogP contribution in [-0.2, 0) is 4.74 Å². The topological polar surface area (TPSA) is 26.3 Å². The van der Waals surface area contributed by atoms with E-state index in [0.29, 0.717) is 5.56 Å². The van der Waals surface area contributed by atoms with Gasteiger partial charge in [-0.05, 0) is 50.7 Å². The number of rotatable bonds is 3. The molecule has 1 aliphatic heterocycles. The summed E-state index contributed by atoms with van der Waals surface area (Å²) in [6.45, 7) is 0. The van der Waals surface area contributed by atoms with E-state index in [2.05, 4.69) is 54.6 Å². The molecule has 0 radical (unpaired) electrons. The molecule has 1 heterocycles. The second-order valence-electron chi connectivity index (χ2n) is 8.07. The van der Waals surface area contributed by atoms with E-state index in [1.54, 1.807) is 0 Å². The fraction of sp³-hybridized carbons (Fsp3) is 0.0333. The van der Waals surface area contributed by atoms with Gasteiger partial charge in [-0.15, -0.1) is 0 Å². The van der Waals surface area contributed by atoms with Gasteiger partial charge in [0.1, 0.15) is 0 Å². The molecule has 6 rings (SSSR count). The van der Waals surface area contributed by atoms with Crippen molar-refractivity contribution in [2.75, 3.05) is 0 Å². The molecular formula is C30H20O2. The van der Waals surface area contributed by atoms with Crippen molar-refractivity contribution in [2.45, 2.75) is 6.10 Å². The van der Waals surface area contributed by atoms with E-state index in [9.17, 15) is 4.79 Å². The normalized spacial score (nSPS) is 14.9. The molecule has 32 heavy (non-hydrogen) atoms. The second-order valence-corrected chi connectivity index (χ2v) is 8.07. The van der Waals surface area contributed by atoms with Crippen molar-refractivity contribution in [1.82, 2.24) is 0 Å². The van der Waals surface area contributed by atoms with E-state index in [4.69, 9.17) is 4.74 Å².